The molecule has 0 bridgehead atoms. The van der Waals surface area contributed by atoms with Gasteiger partial charge in [-0.15, -0.1) is 0 Å². The van der Waals surface area contributed by atoms with Crippen molar-refractivity contribution in [2.45, 2.75) is 33.4 Å². The van der Waals surface area contributed by atoms with Crippen molar-refractivity contribution in [3.63, 3.8) is 0 Å². The minimum absolute atomic E-state index is 0.196. The van der Waals surface area contributed by atoms with E-state index >= 15 is 0 Å². The normalized spacial score (nSPS) is 14.8. The first kappa shape index (κ1) is 28.0. The fourth-order valence-electron chi connectivity index (χ4n) is 4.68. The maximum absolute atomic E-state index is 13.9. The van der Waals surface area contributed by atoms with Gasteiger partial charge >= 0.3 is 5.97 Å². The molecule has 1 atom stereocenters. The van der Waals surface area contributed by atoms with Crippen molar-refractivity contribution in [3.05, 3.63) is 126 Å². The van der Waals surface area contributed by atoms with Gasteiger partial charge in [0.05, 0.1) is 29.0 Å². The standard InChI is InChI=1S/C32H29FN2O5S/c1-4-38-26-12-7-6-11-25(26)29-28(31(37)39-5-2)20(3)34-32-35(29)30(36)27(41-32)18-21-13-15-24(16-14-21)40-19-22-9-8-10-23(33)17-22/h6-18,29H,4-5,19H2,1-3H3/b27-18-/t29-/m1/s1. The molecule has 210 valence electrons. The van der Waals surface area contributed by atoms with Crippen LogP contribution in [0.3, 0.4) is 0 Å². The molecule has 4 aromatic rings. The zero-order valence-electron chi connectivity index (χ0n) is 22.9. The van der Waals surface area contributed by atoms with Gasteiger partial charge in [0.15, 0.2) is 4.80 Å². The van der Waals surface area contributed by atoms with Crippen LogP contribution in [0.15, 0.2) is 93.9 Å². The lowest BCUT2D eigenvalue weighted by atomic mass is 9.95. The predicted octanol–water partition coefficient (Wildman–Crippen LogP) is 4.92. The van der Waals surface area contributed by atoms with Gasteiger partial charge in [-0.2, -0.15) is 0 Å². The highest BCUT2D eigenvalue weighted by Gasteiger charge is 2.35. The summed E-state index contributed by atoms with van der Waals surface area (Å²) in [4.78, 5) is 32.1. The molecule has 0 fully saturated rings. The third-order valence-electron chi connectivity index (χ3n) is 6.50. The van der Waals surface area contributed by atoms with Crippen LogP contribution in [0.4, 0.5) is 4.39 Å². The Hall–Kier alpha value is -4.50. The maximum atomic E-state index is 13.9. The molecule has 0 N–H and O–H groups in total. The maximum Gasteiger partial charge on any atom is 0.338 e. The van der Waals surface area contributed by atoms with E-state index in [1.807, 2.05) is 43.3 Å². The quantitative estimate of drug-likeness (QED) is 0.266. The SMILES string of the molecule is CCOC(=O)C1=C(C)N=c2s/c(=C\c3ccc(OCc4cccc(F)c4)cc3)c(=O)n2[C@@H]1c1ccccc1OCC. The number of para-hydroxylation sites is 1. The number of allylic oxidation sites excluding steroid dienone is 1. The van der Waals surface area contributed by atoms with Crippen molar-refractivity contribution in [1.29, 1.82) is 0 Å². The van der Waals surface area contributed by atoms with E-state index < -0.39 is 12.0 Å². The van der Waals surface area contributed by atoms with Gasteiger partial charge in [0, 0.05) is 5.56 Å². The number of halogens is 1. The summed E-state index contributed by atoms with van der Waals surface area (Å²) >= 11 is 1.25. The fraction of sp³-hybridized carbons (Fsp3) is 0.219. The van der Waals surface area contributed by atoms with Gasteiger partial charge in [-0.05, 0) is 68.3 Å². The van der Waals surface area contributed by atoms with Crippen molar-refractivity contribution in [2.24, 2.45) is 4.99 Å². The first-order valence-corrected chi connectivity index (χ1v) is 14.1. The molecule has 5 rings (SSSR count). The first-order valence-electron chi connectivity index (χ1n) is 13.3. The molecule has 9 heteroatoms. The number of rotatable bonds is 9. The number of nitrogens with zero attached hydrogens (tertiary/aromatic N) is 2. The Morgan fingerprint density at radius 3 is 2.54 bits per heavy atom. The van der Waals surface area contributed by atoms with E-state index in [2.05, 4.69) is 4.99 Å². The van der Waals surface area contributed by atoms with Crippen LogP contribution in [0.5, 0.6) is 11.5 Å². The number of thiazole rings is 1. The lowest BCUT2D eigenvalue weighted by Crippen LogP contribution is -2.40. The first-order chi connectivity index (χ1) is 19.9. The Balaban J connectivity index is 1.52. The van der Waals surface area contributed by atoms with E-state index in [0.29, 0.717) is 44.3 Å². The number of hydrogen-bond acceptors (Lipinski definition) is 7. The summed E-state index contributed by atoms with van der Waals surface area (Å²) in [5, 5.41) is 0. The Bertz CT molecular complexity index is 1790. The molecule has 3 aromatic carbocycles. The number of benzene rings is 3. The highest BCUT2D eigenvalue weighted by atomic mass is 32.1. The highest BCUT2D eigenvalue weighted by Crippen LogP contribution is 2.35. The second-order valence-electron chi connectivity index (χ2n) is 9.26. The van der Waals surface area contributed by atoms with Crippen LogP contribution in [0.1, 0.15) is 43.5 Å². The molecule has 7 nitrogen and oxygen atoms in total. The second-order valence-corrected chi connectivity index (χ2v) is 10.3. The van der Waals surface area contributed by atoms with Crippen molar-refractivity contribution in [1.82, 2.24) is 4.57 Å². The molecular formula is C32H29FN2O5S. The topological polar surface area (TPSA) is 79.1 Å². The molecule has 0 unspecified atom stereocenters. The summed E-state index contributed by atoms with van der Waals surface area (Å²) in [5.74, 6) is 0.374. The highest BCUT2D eigenvalue weighted by molar-refractivity contribution is 7.07. The van der Waals surface area contributed by atoms with Crippen LogP contribution in [0, 0.1) is 5.82 Å². The third-order valence-corrected chi connectivity index (χ3v) is 7.49. The van der Waals surface area contributed by atoms with Gasteiger partial charge in [-0.3, -0.25) is 9.36 Å². The summed E-state index contributed by atoms with van der Waals surface area (Å²) < 4.78 is 32.5. The van der Waals surface area contributed by atoms with Crippen molar-refractivity contribution in [2.75, 3.05) is 13.2 Å². The van der Waals surface area contributed by atoms with Crippen molar-refractivity contribution in [3.8, 4) is 11.5 Å². The van der Waals surface area contributed by atoms with Gasteiger partial charge in [-0.25, -0.2) is 14.2 Å². The Morgan fingerprint density at radius 1 is 1.02 bits per heavy atom. The largest absolute Gasteiger partial charge is 0.494 e. The summed E-state index contributed by atoms with van der Waals surface area (Å²) in [6, 6.07) is 20.2. The molecule has 0 amide bonds. The Morgan fingerprint density at radius 2 is 1.80 bits per heavy atom. The molecule has 0 spiro atoms. The minimum atomic E-state index is -0.756. The molecular weight excluding hydrogens is 543 g/mol. The molecule has 0 saturated heterocycles. The summed E-state index contributed by atoms with van der Waals surface area (Å²) in [6.45, 7) is 6.24. The molecule has 1 aliphatic rings. The fourth-order valence-corrected chi connectivity index (χ4v) is 5.73. The summed E-state index contributed by atoms with van der Waals surface area (Å²) in [7, 11) is 0. The molecule has 1 aliphatic heterocycles. The average molecular weight is 573 g/mol. The summed E-state index contributed by atoms with van der Waals surface area (Å²) in [5.41, 5.74) is 2.73. The van der Waals surface area contributed by atoms with E-state index in [1.54, 1.807) is 48.8 Å². The van der Waals surface area contributed by atoms with Crippen LogP contribution in [0.25, 0.3) is 6.08 Å². The zero-order chi connectivity index (χ0) is 28.9. The third kappa shape index (κ3) is 6.00. The van der Waals surface area contributed by atoms with Crippen LogP contribution in [0.2, 0.25) is 0 Å². The van der Waals surface area contributed by atoms with Gasteiger partial charge in [-0.1, -0.05) is 53.8 Å². The van der Waals surface area contributed by atoms with E-state index in [4.69, 9.17) is 14.2 Å². The van der Waals surface area contributed by atoms with Crippen LogP contribution < -0.4 is 24.4 Å². The monoisotopic (exact) mass is 572 g/mol. The number of hydrogen-bond donors (Lipinski definition) is 0. The number of carbonyl (C=O) groups excluding carboxylic acids is 1. The molecule has 0 saturated carbocycles. The number of ether oxygens (including phenoxy) is 3. The lowest BCUT2D eigenvalue weighted by molar-refractivity contribution is -0.139. The number of carbonyl (C=O) groups is 1. The van der Waals surface area contributed by atoms with Crippen molar-refractivity contribution >= 4 is 23.4 Å². The predicted molar refractivity (Wildman–Crippen MR) is 155 cm³/mol. The van der Waals surface area contributed by atoms with Gasteiger partial charge < -0.3 is 14.2 Å². The molecule has 0 radical (unpaired) electrons. The van der Waals surface area contributed by atoms with E-state index in [1.165, 1.54) is 23.5 Å². The lowest BCUT2D eigenvalue weighted by Gasteiger charge is -2.26. The van der Waals surface area contributed by atoms with Crippen LogP contribution >= 0.6 is 11.3 Å². The van der Waals surface area contributed by atoms with Gasteiger partial charge in [0.1, 0.15) is 30.0 Å². The zero-order valence-corrected chi connectivity index (χ0v) is 23.7. The van der Waals surface area contributed by atoms with E-state index in [9.17, 15) is 14.0 Å². The average Bonchev–Trinajstić information content (AvgIpc) is 3.26. The minimum Gasteiger partial charge on any atom is -0.494 e. The number of aromatic nitrogens is 1. The molecule has 41 heavy (non-hydrogen) atoms. The van der Waals surface area contributed by atoms with E-state index in [-0.39, 0.29) is 24.6 Å². The number of fused-ring (bicyclic) bond motifs is 1. The van der Waals surface area contributed by atoms with Crippen LogP contribution in [-0.2, 0) is 16.1 Å². The van der Waals surface area contributed by atoms with E-state index in [0.717, 1.165) is 11.1 Å². The molecule has 1 aromatic heterocycles. The molecule has 2 heterocycles. The molecule has 0 aliphatic carbocycles. The van der Waals surface area contributed by atoms with Gasteiger partial charge in [0.25, 0.3) is 5.56 Å². The van der Waals surface area contributed by atoms with Gasteiger partial charge in [0.2, 0.25) is 0 Å². The van der Waals surface area contributed by atoms with Crippen molar-refractivity contribution < 1.29 is 23.4 Å². The Kier molecular flexibility index (Phi) is 8.45. The summed E-state index contributed by atoms with van der Waals surface area (Å²) in [6.07, 6.45) is 1.79. The second kappa shape index (κ2) is 12.3. The van der Waals surface area contributed by atoms with Crippen LogP contribution in [-0.4, -0.2) is 23.8 Å². The smallest absolute Gasteiger partial charge is 0.338 e. The number of esters is 1. The Labute approximate surface area is 240 Å².